The van der Waals surface area contributed by atoms with Crippen LogP contribution in [0.5, 0.6) is 5.75 Å². The molecule has 0 aromatic carbocycles. The van der Waals surface area contributed by atoms with E-state index in [2.05, 4.69) is 4.98 Å². The van der Waals surface area contributed by atoms with Crippen LogP contribution in [0.2, 0.25) is 0 Å². The molecule has 1 saturated heterocycles. The van der Waals surface area contributed by atoms with E-state index in [-0.39, 0.29) is 5.91 Å². The van der Waals surface area contributed by atoms with E-state index in [1.807, 2.05) is 36.6 Å². The summed E-state index contributed by atoms with van der Waals surface area (Å²) in [4.78, 5) is 32.0. The first-order chi connectivity index (χ1) is 11.7. The summed E-state index contributed by atoms with van der Waals surface area (Å²) in [6.45, 7) is 6.67. The molecule has 24 heavy (non-hydrogen) atoms. The van der Waals surface area contributed by atoms with Crippen LogP contribution in [0, 0.1) is 0 Å². The second-order valence-corrected chi connectivity index (χ2v) is 5.69. The summed E-state index contributed by atoms with van der Waals surface area (Å²) >= 11 is 0. The fourth-order valence-electron chi connectivity index (χ4n) is 3.01. The number of aromatic nitrogens is 2. The van der Waals surface area contributed by atoms with Crippen LogP contribution in [0.15, 0.2) is 18.3 Å². The van der Waals surface area contributed by atoms with Gasteiger partial charge in [0.15, 0.2) is 11.4 Å². The minimum atomic E-state index is -0.0430. The highest BCUT2D eigenvalue weighted by Gasteiger charge is 2.27. The van der Waals surface area contributed by atoms with Crippen LogP contribution in [0.25, 0.3) is 5.65 Å². The summed E-state index contributed by atoms with van der Waals surface area (Å²) in [6, 6.07) is 3.72. The van der Waals surface area contributed by atoms with Gasteiger partial charge < -0.3 is 14.5 Å². The Bertz CT molecular complexity index is 748. The summed E-state index contributed by atoms with van der Waals surface area (Å²) in [6.07, 6.45) is 3.35. The molecule has 0 spiro atoms. The zero-order valence-corrected chi connectivity index (χ0v) is 14.1. The number of carbonyl (C=O) groups excluding carboxylic acids is 2. The third kappa shape index (κ3) is 2.81. The molecule has 128 valence electrons. The molecule has 0 saturated carbocycles. The van der Waals surface area contributed by atoms with Gasteiger partial charge in [0.05, 0.1) is 12.3 Å². The molecule has 0 bridgehead atoms. The second kappa shape index (κ2) is 6.90. The third-order valence-corrected chi connectivity index (χ3v) is 4.27. The number of piperazine rings is 1. The lowest BCUT2D eigenvalue weighted by Crippen LogP contribution is -2.48. The molecule has 0 aliphatic carbocycles. The Kier molecular flexibility index (Phi) is 4.69. The average molecular weight is 330 g/mol. The molecule has 2 amide bonds. The zero-order chi connectivity index (χ0) is 17.1. The van der Waals surface area contributed by atoms with Gasteiger partial charge in [-0.05, 0) is 25.5 Å². The van der Waals surface area contributed by atoms with Crippen LogP contribution in [0.4, 0.5) is 0 Å². The standard InChI is InChI=1S/C17H22N4O3/c1-3-13-15(17(23)20-10-8-19(12-22)9-11-20)21-7-5-6-14(24-4-2)16(21)18-13/h5-7,12H,3-4,8-11H2,1-2H3. The van der Waals surface area contributed by atoms with E-state index >= 15 is 0 Å². The van der Waals surface area contributed by atoms with Gasteiger partial charge >= 0.3 is 0 Å². The number of ether oxygens (including phenoxy) is 1. The van der Waals surface area contributed by atoms with E-state index in [4.69, 9.17) is 4.74 Å². The third-order valence-electron chi connectivity index (χ3n) is 4.27. The quantitative estimate of drug-likeness (QED) is 0.773. The van der Waals surface area contributed by atoms with Gasteiger partial charge in [-0.1, -0.05) is 6.92 Å². The first-order valence-corrected chi connectivity index (χ1v) is 8.31. The molecular weight excluding hydrogens is 308 g/mol. The Labute approximate surface area is 140 Å². The maximum Gasteiger partial charge on any atom is 0.272 e. The van der Waals surface area contributed by atoms with E-state index in [1.54, 1.807) is 9.80 Å². The molecule has 0 radical (unpaired) electrons. The molecule has 3 rings (SSSR count). The summed E-state index contributed by atoms with van der Waals surface area (Å²) < 4.78 is 7.45. The van der Waals surface area contributed by atoms with Gasteiger partial charge in [0, 0.05) is 32.4 Å². The first kappa shape index (κ1) is 16.3. The average Bonchev–Trinajstić information content (AvgIpc) is 3.01. The van der Waals surface area contributed by atoms with E-state index < -0.39 is 0 Å². The summed E-state index contributed by atoms with van der Waals surface area (Å²) in [5.41, 5.74) is 2.03. The van der Waals surface area contributed by atoms with Crippen molar-refractivity contribution in [2.24, 2.45) is 0 Å². The lowest BCUT2D eigenvalue weighted by atomic mass is 10.2. The number of fused-ring (bicyclic) bond motifs is 1. The monoisotopic (exact) mass is 330 g/mol. The Balaban J connectivity index is 1.97. The molecule has 7 heteroatoms. The van der Waals surface area contributed by atoms with Crippen LogP contribution in [-0.4, -0.2) is 64.3 Å². The summed E-state index contributed by atoms with van der Waals surface area (Å²) in [5.74, 6) is 0.637. The van der Waals surface area contributed by atoms with E-state index in [0.717, 1.165) is 12.1 Å². The van der Waals surface area contributed by atoms with E-state index in [9.17, 15) is 9.59 Å². The minimum Gasteiger partial charge on any atom is -0.490 e. The van der Waals surface area contributed by atoms with Crippen LogP contribution >= 0.6 is 0 Å². The normalized spacial score (nSPS) is 14.9. The second-order valence-electron chi connectivity index (χ2n) is 5.69. The van der Waals surface area contributed by atoms with Gasteiger partial charge in [0.2, 0.25) is 6.41 Å². The lowest BCUT2D eigenvalue weighted by molar-refractivity contribution is -0.119. The molecule has 1 fully saturated rings. The molecule has 2 aromatic rings. The maximum atomic E-state index is 13.0. The van der Waals surface area contributed by atoms with Gasteiger partial charge in [-0.3, -0.25) is 14.0 Å². The zero-order valence-electron chi connectivity index (χ0n) is 14.1. The number of carbonyl (C=O) groups is 2. The fourth-order valence-corrected chi connectivity index (χ4v) is 3.01. The maximum absolute atomic E-state index is 13.0. The van der Waals surface area contributed by atoms with Gasteiger partial charge in [-0.15, -0.1) is 0 Å². The Morgan fingerprint density at radius 3 is 2.67 bits per heavy atom. The van der Waals surface area contributed by atoms with Crippen molar-refractivity contribution in [1.29, 1.82) is 0 Å². The van der Waals surface area contributed by atoms with Crippen molar-refractivity contribution >= 4 is 18.0 Å². The van der Waals surface area contributed by atoms with Crippen molar-refractivity contribution in [3.63, 3.8) is 0 Å². The highest BCUT2D eigenvalue weighted by atomic mass is 16.5. The number of rotatable bonds is 5. The number of hydrogen-bond acceptors (Lipinski definition) is 4. The van der Waals surface area contributed by atoms with Crippen molar-refractivity contribution in [3.05, 3.63) is 29.7 Å². The van der Waals surface area contributed by atoms with Gasteiger partial charge in [-0.2, -0.15) is 0 Å². The largest absolute Gasteiger partial charge is 0.490 e. The van der Waals surface area contributed by atoms with Crippen molar-refractivity contribution in [1.82, 2.24) is 19.2 Å². The molecule has 1 aliphatic heterocycles. The van der Waals surface area contributed by atoms with Crippen molar-refractivity contribution in [2.75, 3.05) is 32.8 Å². The van der Waals surface area contributed by atoms with Crippen LogP contribution in [0.1, 0.15) is 30.0 Å². The molecule has 7 nitrogen and oxygen atoms in total. The number of aryl methyl sites for hydroxylation is 1. The number of nitrogens with zero attached hydrogens (tertiary/aromatic N) is 4. The highest BCUT2D eigenvalue weighted by Crippen LogP contribution is 2.24. The molecule has 2 aromatic heterocycles. The predicted molar refractivity (Wildman–Crippen MR) is 89.3 cm³/mol. The van der Waals surface area contributed by atoms with Gasteiger partial charge in [-0.25, -0.2) is 4.98 Å². The lowest BCUT2D eigenvalue weighted by Gasteiger charge is -2.32. The molecule has 0 N–H and O–H groups in total. The fraction of sp³-hybridized carbons (Fsp3) is 0.471. The Morgan fingerprint density at radius 1 is 1.29 bits per heavy atom. The smallest absolute Gasteiger partial charge is 0.272 e. The number of amides is 2. The molecule has 1 aliphatic rings. The predicted octanol–water partition coefficient (Wildman–Crippen LogP) is 1.21. The van der Waals surface area contributed by atoms with Crippen LogP contribution in [-0.2, 0) is 11.2 Å². The van der Waals surface area contributed by atoms with E-state index in [0.29, 0.717) is 56.3 Å². The van der Waals surface area contributed by atoms with Gasteiger partial charge in [0.1, 0.15) is 5.69 Å². The number of imidazole rings is 1. The van der Waals surface area contributed by atoms with Crippen molar-refractivity contribution < 1.29 is 14.3 Å². The Hall–Kier alpha value is -2.57. The highest BCUT2D eigenvalue weighted by molar-refractivity contribution is 5.95. The molecule has 0 unspecified atom stereocenters. The topological polar surface area (TPSA) is 67.2 Å². The number of pyridine rings is 1. The first-order valence-electron chi connectivity index (χ1n) is 8.31. The molecular formula is C17H22N4O3. The summed E-state index contributed by atoms with van der Waals surface area (Å²) in [5, 5.41) is 0. The van der Waals surface area contributed by atoms with Crippen LogP contribution < -0.4 is 4.74 Å². The molecule has 3 heterocycles. The minimum absolute atomic E-state index is 0.0430. The SMILES string of the molecule is CCOc1cccn2c(C(=O)N3CCN(C=O)CC3)c(CC)nc12. The Morgan fingerprint density at radius 2 is 2.04 bits per heavy atom. The van der Waals surface area contributed by atoms with Crippen LogP contribution in [0.3, 0.4) is 0 Å². The van der Waals surface area contributed by atoms with Crippen molar-refractivity contribution in [3.8, 4) is 5.75 Å². The molecule has 0 atom stereocenters. The van der Waals surface area contributed by atoms with Gasteiger partial charge in [0.25, 0.3) is 5.91 Å². The van der Waals surface area contributed by atoms with E-state index in [1.165, 1.54) is 0 Å². The number of hydrogen-bond donors (Lipinski definition) is 0. The van der Waals surface area contributed by atoms with Crippen molar-refractivity contribution in [2.45, 2.75) is 20.3 Å². The summed E-state index contributed by atoms with van der Waals surface area (Å²) in [7, 11) is 0.